The molecule has 24 heavy (non-hydrogen) atoms. The molecule has 0 bridgehead atoms. The molecule has 1 aromatic heterocycles. The van der Waals surface area contributed by atoms with E-state index in [4.69, 9.17) is 4.74 Å². The number of hydrogen-bond acceptors (Lipinski definition) is 5. The Labute approximate surface area is 145 Å². The summed E-state index contributed by atoms with van der Waals surface area (Å²) in [6.07, 6.45) is 2.46. The van der Waals surface area contributed by atoms with Crippen LogP contribution in [0.3, 0.4) is 0 Å². The van der Waals surface area contributed by atoms with Crippen LogP contribution in [0.2, 0.25) is 0 Å². The Morgan fingerprint density at radius 1 is 1.25 bits per heavy atom. The number of hydrogen-bond donors (Lipinski definition) is 1. The Morgan fingerprint density at radius 3 is 2.71 bits per heavy atom. The Morgan fingerprint density at radius 2 is 2.04 bits per heavy atom. The molecule has 1 amide bonds. The molecule has 1 aliphatic heterocycles. The smallest absolute Gasteiger partial charge is 0.339 e. The summed E-state index contributed by atoms with van der Waals surface area (Å²) >= 11 is 1.41. The number of ether oxygens (including phenoxy) is 1. The molecule has 1 N–H and O–H groups in total. The van der Waals surface area contributed by atoms with Gasteiger partial charge in [-0.1, -0.05) is 0 Å². The highest BCUT2D eigenvalue weighted by Gasteiger charge is 2.15. The Bertz CT molecular complexity index is 722. The predicted octanol–water partition coefficient (Wildman–Crippen LogP) is 3.45. The molecular formula is C18H20N2O3S. The minimum atomic E-state index is -0.480. The fourth-order valence-corrected chi connectivity index (χ4v) is 3.46. The first kappa shape index (κ1) is 16.5. The third-order valence-electron chi connectivity index (χ3n) is 4.02. The van der Waals surface area contributed by atoms with Crippen LogP contribution in [0.15, 0.2) is 35.0 Å². The molecule has 1 aromatic carbocycles. The van der Waals surface area contributed by atoms with Crippen molar-refractivity contribution in [2.45, 2.75) is 19.8 Å². The van der Waals surface area contributed by atoms with E-state index >= 15 is 0 Å². The van der Waals surface area contributed by atoms with Gasteiger partial charge < -0.3 is 15.0 Å². The number of anilines is 2. The van der Waals surface area contributed by atoms with Gasteiger partial charge in [0.05, 0.1) is 5.56 Å². The van der Waals surface area contributed by atoms with Gasteiger partial charge in [-0.2, -0.15) is 11.3 Å². The van der Waals surface area contributed by atoms with Crippen LogP contribution in [0.5, 0.6) is 0 Å². The number of nitrogens with one attached hydrogen (secondary N) is 1. The minimum absolute atomic E-state index is 0.290. The number of rotatable bonds is 5. The molecule has 1 saturated heterocycles. The van der Waals surface area contributed by atoms with Crippen molar-refractivity contribution in [3.63, 3.8) is 0 Å². The van der Waals surface area contributed by atoms with Gasteiger partial charge >= 0.3 is 5.97 Å². The molecule has 126 valence electrons. The molecular weight excluding hydrogens is 324 g/mol. The number of carbonyl (C=O) groups is 2. The Balaban J connectivity index is 1.54. The lowest BCUT2D eigenvalue weighted by molar-refractivity contribution is -0.119. The average Bonchev–Trinajstić information content (AvgIpc) is 3.26. The van der Waals surface area contributed by atoms with Crippen LogP contribution in [0.25, 0.3) is 0 Å². The van der Waals surface area contributed by atoms with E-state index in [1.54, 1.807) is 16.8 Å². The van der Waals surface area contributed by atoms with Gasteiger partial charge in [-0.25, -0.2) is 4.79 Å². The zero-order valence-electron chi connectivity index (χ0n) is 13.6. The number of amides is 1. The molecule has 5 nitrogen and oxygen atoms in total. The minimum Gasteiger partial charge on any atom is -0.452 e. The second-order valence-electron chi connectivity index (χ2n) is 5.83. The third-order valence-corrected chi connectivity index (χ3v) is 4.70. The lowest BCUT2D eigenvalue weighted by atomic mass is 10.1. The van der Waals surface area contributed by atoms with Crippen molar-refractivity contribution in [1.29, 1.82) is 0 Å². The summed E-state index contributed by atoms with van der Waals surface area (Å²) in [4.78, 5) is 26.0. The first-order valence-corrected chi connectivity index (χ1v) is 8.92. The summed E-state index contributed by atoms with van der Waals surface area (Å²) < 4.78 is 5.00. The van der Waals surface area contributed by atoms with Gasteiger partial charge in [0, 0.05) is 29.8 Å². The van der Waals surface area contributed by atoms with Gasteiger partial charge in [0.25, 0.3) is 5.91 Å². The zero-order chi connectivity index (χ0) is 16.9. The second-order valence-corrected chi connectivity index (χ2v) is 6.61. The van der Waals surface area contributed by atoms with Crippen LogP contribution in [-0.4, -0.2) is 31.6 Å². The van der Waals surface area contributed by atoms with Crippen LogP contribution in [0, 0.1) is 6.92 Å². The van der Waals surface area contributed by atoms with Crippen molar-refractivity contribution in [2.75, 3.05) is 29.9 Å². The molecule has 1 aliphatic rings. The van der Waals surface area contributed by atoms with E-state index in [1.165, 1.54) is 29.9 Å². The van der Waals surface area contributed by atoms with Crippen LogP contribution in [0.4, 0.5) is 11.4 Å². The van der Waals surface area contributed by atoms with Crippen LogP contribution in [-0.2, 0) is 9.53 Å². The summed E-state index contributed by atoms with van der Waals surface area (Å²) in [5.41, 5.74) is 3.53. The van der Waals surface area contributed by atoms with Crippen molar-refractivity contribution in [2.24, 2.45) is 0 Å². The highest BCUT2D eigenvalue weighted by molar-refractivity contribution is 7.08. The van der Waals surface area contributed by atoms with Gasteiger partial charge in [-0.3, -0.25) is 4.79 Å². The van der Waals surface area contributed by atoms with Gasteiger partial charge in [0.15, 0.2) is 6.61 Å². The van der Waals surface area contributed by atoms with Gasteiger partial charge in [0.1, 0.15) is 0 Å². The van der Waals surface area contributed by atoms with Crippen LogP contribution < -0.4 is 10.2 Å². The van der Waals surface area contributed by atoms with Gasteiger partial charge in [0.2, 0.25) is 0 Å². The number of benzene rings is 1. The molecule has 0 saturated carbocycles. The van der Waals surface area contributed by atoms with E-state index in [-0.39, 0.29) is 12.5 Å². The molecule has 2 heterocycles. The van der Waals surface area contributed by atoms with E-state index in [9.17, 15) is 9.59 Å². The summed E-state index contributed by atoms with van der Waals surface area (Å²) in [5, 5.41) is 6.26. The van der Waals surface area contributed by atoms with E-state index < -0.39 is 5.97 Å². The second kappa shape index (κ2) is 7.49. The predicted molar refractivity (Wildman–Crippen MR) is 95.9 cm³/mol. The summed E-state index contributed by atoms with van der Waals surface area (Å²) in [6, 6.07) is 7.55. The molecule has 0 unspecified atom stereocenters. The van der Waals surface area contributed by atoms with E-state index in [0.29, 0.717) is 11.3 Å². The monoisotopic (exact) mass is 344 g/mol. The molecule has 0 atom stereocenters. The highest BCUT2D eigenvalue weighted by Crippen LogP contribution is 2.26. The quantitative estimate of drug-likeness (QED) is 0.844. The summed E-state index contributed by atoms with van der Waals surface area (Å²) in [5.74, 6) is -0.820. The normalized spacial score (nSPS) is 13.8. The molecule has 6 heteroatoms. The maximum absolute atomic E-state index is 11.9. The lowest BCUT2D eigenvalue weighted by Crippen LogP contribution is -2.21. The number of thiophene rings is 1. The molecule has 0 spiro atoms. The standard InChI is InChI=1S/C18H20N2O3S/c1-13-10-15(4-5-16(13)20-7-2-3-8-20)19-17(21)11-23-18(22)14-6-9-24-12-14/h4-6,9-10,12H,2-3,7-8,11H2,1H3,(H,19,21). The fraction of sp³-hybridized carbons (Fsp3) is 0.333. The van der Waals surface area contributed by atoms with Crippen LogP contribution >= 0.6 is 11.3 Å². The first-order chi connectivity index (χ1) is 11.6. The Kier molecular flexibility index (Phi) is 5.15. The molecule has 0 aliphatic carbocycles. The third kappa shape index (κ3) is 3.94. The van der Waals surface area contributed by atoms with Crippen molar-refractivity contribution in [3.05, 3.63) is 46.2 Å². The van der Waals surface area contributed by atoms with E-state index in [1.807, 2.05) is 25.1 Å². The average molecular weight is 344 g/mol. The fourth-order valence-electron chi connectivity index (χ4n) is 2.84. The van der Waals surface area contributed by atoms with Crippen molar-refractivity contribution < 1.29 is 14.3 Å². The molecule has 3 rings (SSSR count). The lowest BCUT2D eigenvalue weighted by Gasteiger charge is -2.20. The van der Waals surface area contributed by atoms with E-state index in [2.05, 4.69) is 10.2 Å². The number of esters is 1. The number of nitrogens with zero attached hydrogens (tertiary/aromatic N) is 1. The zero-order valence-corrected chi connectivity index (χ0v) is 14.4. The first-order valence-electron chi connectivity index (χ1n) is 7.98. The van der Waals surface area contributed by atoms with Crippen molar-refractivity contribution >= 4 is 34.6 Å². The molecule has 0 radical (unpaired) electrons. The summed E-state index contributed by atoms with van der Waals surface area (Å²) in [7, 11) is 0. The van der Waals surface area contributed by atoms with E-state index in [0.717, 1.165) is 18.7 Å². The van der Waals surface area contributed by atoms with Crippen LogP contribution in [0.1, 0.15) is 28.8 Å². The Hall–Kier alpha value is -2.34. The maximum Gasteiger partial charge on any atom is 0.339 e. The number of carbonyl (C=O) groups excluding carboxylic acids is 2. The number of aryl methyl sites for hydroxylation is 1. The topological polar surface area (TPSA) is 58.6 Å². The maximum atomic E-state index is 11.9. The molecule has 1 fully saturated rings. The van der Waals surface area contributed by atoms with Gasteiger partial charge in [-0.05, 0) is 55.0 Å². The molecule has 2 aromatic rings. The van der Waals surface area contributed by atoms with Crippen molar-refractivity contribution in [3.8, 4) is 0 Å². The summed E-state index contributed by atoms with van der Waals surface area (Å²) in [6.45, 7) is 3.93. The SMILES string of the molecule is Cc1cc(NC(=O)COC(=O)c2ccsc2)ccc1N1CCCC1. The van der Waals surface area contributed by atoms with Gasteiger partial charge in [-0.15, -0.1) is 0 Å². The van der Waals surface area contributed by atoms with Crippen molar-refractivity contribution in [1.82, 2.24) is 0 Å². The largest absolute Gasteiger partial charge is 0.452 e. The highest BCUT2D eigenvalue weighted by atomic mass is 32.1.